The summed E-state index contributed by atoms with van der Waals surface area (Å²) in [7, 11) is -1.93. The molecule has 0 heterocycles. The van der Waals surface area contributed by atoms with Gasteiger partial charge in [0.1, 0.15) is 0 Å². The van der Waals surface area contributed by atoms with Crippen LogP contribution in [0.3, 0.4) is 0 Å². The third-order valence-corrected chi connectivity index (χ3v) is 6.51. The molecule has 0 spiro atoms. The molecule has 0 radical (unpaired) electrons. The Hall–Kier alpha value is -2.05. The van der Waals surface area contributed by atoms with Gasteiger partial charge in [-0.3, -0.25) is 9.52 Å². The van der Waals surface area contributed by atoms with Crippen molar-refractivity contribution in [3.63, 3.8) is 0 Å². The van der Waals surface area contributed by atoms with Crippen molar-refractivity contribution in [3.05, 3.63) is 59.1 Å². The highest BCUT2D eigenvalue weighted by atomic mass is 35.5. The van der Waals surface area contributed by atoms with E-state index in [0.29, 0.717) is 22.2 Å². The summed E-state index contributed by atoms with van der Waals surface area (Å²) < 4.78 is 27.5. The number of benzene rings is 2. The van der Waals surface area contributed by atoms with Gasteiger partial charge >= 0.3 is 0 Å². The maximum absolute atomic E-state index is 12.6. The predicted octanol–water partition coefficient (Wildman–Crippen LogP) is 4.40. The summed E-state index contributed by atoms with van der Waals surface area (Å²) in [4.78, 5) is 14.4. The van der Waals surface area contributed by atoms with Crippen LogP contribution < -0.4 is 4.72 Å². The first-order valence-corrected chi connectivity index (χ1v) is 10.9. The highest BCUT2D eigenvalue weighted by molar-refractivity contribution is 7.92. The van der Waals surface area contributed by atoms with Crippen molar-refractivity contribution in [1.29, 1.82) is 0 Å². The van der Waals surface area contributed by atoms with Crippen LogP contribution in [-0.2, 0) is 10.0 Å². The van der Waals surface area contributed by atoms with Gasteiger partial charge in [-0.05, 0) is 67.3 Å². The van der Waals surface area contributed by atoms with E-state index in [0.717, 1.165) is 6.54 Å². The summed E-state index contributed by atoms with van der Waals surface area (Å²) in [6, 6.07) is 12.4. The summed E-state index contributed by atoms with van der Waals surface area (Å²) in [5.74, 6) is 0.485. The molecule has 1 fully saturated rings. The van der Waals surface area contributed by atoms with E-state index in [1.807, 2.05) is 0 Å². The van der Waals surface area contributed by atoms with Crippen LogP contribution >= 0.6 is 11.6 Å². The molecule has 1 aliphatic carbocycles. The lowest BCUT2D eigenvalue weighted by molar-refractivity contribution is 0.0773. The Bertz CT molecular complexity index is 890. The van der Waals surface area contributed by atoms with E-state index < -0.39 is 10.0 Å². The first kappa shape index (κ1) is 19.7. The molecule has 5 nitrogen and oxygen atoms in total. The average Bonchev–Trinajstić information content (AvgIpc) is 3.16. The second kappa shape index (κ2) is 8.31. The number of carbonyl (C=O) groups excluding carboxylic acids is 1. The molecule has 1 amide bonds. The van der Waals surface area contributed by atoms with Gasteiger partial charge in [-0.15, -0.1) is 0 Å². The van der Waals surface area contributed by atoms with Crippen molar-refractivity contribution >= 4 is 33.2 Å². The Kier molecular flexibility index (Phi) is 6.07. The van der Waals surface area contributed by atoms with Crippen molar-refractivity contribution < 1.29 is 13.2 Å². The maximum Gasteiger partial charge on any atom is 0.261 e. The number of sulfonamides is 1. The lowest BCUT2D eigenvalue weighted by Gasteiger charge is -2.21. The molecule has 0 saturated heterocycles. The highest BCUT2D eigenvalue weighted by Crippen LogP contribution is 2.25. The van der Waals surface area contributed by atoms with E-state index in [4.69, 9.17) is 11.6 Å². The number of hydrogen-bond acceptors (Lipinski definition) is 3. The number of hydrogen-bond donors (Lipinski definition) is 1. The highest BCUT2D eigenvalue weighted by Gasteiger charge is 2.21. The minimum Gasteiger partial charge on any atom is -0.341 e. The van der Waals surface area contributed by atoms with Crippen molar-refractivity contribution in [2.45, 2.75) is 30.6 Å². The van der Waals surface area contributed by atoms with Gasteiger partial charge in [0.15, 0.2) is 0 Å². The minimum absolute atomic E-state index is 0.0866. The Morgan fingerprint density at radius 2 is 1.67 bits per heavy atom. The van der Waals surface area contributed by atoms with E-state index in [2.05, 4.69) is 4.72 Å². The van der Waals surface area contributed by atoms with Crippen LogP contribution in [-0.4, -0.2) is 32.8 Å². The van der Waals surface area contributed by atoms with Gasteiger partial charge in [0, 0.05) is 29.9 Å². The molecule has 144 valence electrons. The van der Waals surface area contributed by atoms with Gasteiger partial charge in [0.2, 0.25) is 0 Å². The third-order valence-electron chi connectivity index (χ3n) is 4.86. The SMILES string of the molecule is CN(CC1CCCC1)C(=O)c1ccc(S(=O)(=O)Nc2ccc(Cl)cc2)cc1. The molecule has 0 aromatic heterocycles. The van der Waals surface area contributed by atoms with Crippen LogP contribution in [0.2, 0.25) is 5.02 Å². The number of nitrogens with one attached hydrogen (secondary N) is 1. The second-order valence-electron chi connectivity index (χ2n) is 6.97. The third kappa shape index (κ3) is 5.02. The summed E-state index contributed by atoms with van der Waals surface area (Å²) in [5, 5.41) is 0.530. The molecule has 1 saturated carbocycles. The average molecular weight is 407 g/mol. The fraction of sp³-hybridized carbons (Fsp3) is 0.350. The van der Waals surface area contributed by atoms with Crippen LogP contribution in [0, 0.1) is 5.92 Å². The molecule has 7 heteroatoms. The van der Waals surface area contributed by atoms with Crippen molar-refractivity contribution in [2.24, 2.45) is 5.92 Å². The van der Waals surface area contributed by atoms with E-state index in [-0.39, 0.29) is 10.8 Å². The molecule has 3 rings (SSSR count). The fourth-order valence-electron chi connectivity index (χ4n) is 3.39. The summed E-state index contributed by atoms with van der Waals surface area (Å²) in [6.07, 6.45) is 4.82. The van der Waals surface area contributed by atoms with Crippen LogP contribution in [0.1, 0.15) is 36.0 Å². The van der Waals surface area contributed by atoms with Crippen molar-refractivity contribution in [1.82, 2.24) is 4.90 Å². The summed E-state index contributed by atoms with van der Waals surface area (Å²) >= 11 is 5.81. The zero-order valence-corrected chi connectivity index (χ0v) is 16.8. The molecule has 27 heavy (non-hydrogen) atoms. The van der Waals surface area contributed by atoms with E-state index in [1.54, 1.807) is 48.3 Å². The number of nitrogens with zero attached hydrogens (tertiary/aromatic N) is 1. The normalized spacial score (nSPS) is 14.9. The Balaban J connectivity index is 1.68. The summed E-state index contributed by atoms with van der Waals surface area (Å²) in [5.41, 5.74) is 0.914. The topological polar surface area (TPSA) is 66.5 Å². The molecule has 0 bridgehead atoms. The molecule has 1 aliphatic rings. The smallest absolute Gasteiger partial charge is 0.261 e. The molecule has 0 atom stereocenters. The maximum atomic E-state index is 12.6. The van der Waals surface area contributed by atoms with Gasteiger partial charge in [0.25, 0.3) is 15.9 Å². The zero-order chi connectivity index (χ0) is 19.4. The molecule has 0 unspecified atom stereocenters. The first-order chi connectivity index (χ1) is 12.8. The van der Waals surface area contributed by atoms with E-state index >= 15 is 0 Å². The van der Waals surface area contributed by atoms with Gasteiger partial charge in [-0.25, -0.2) is 8.42 Å². The van der Waals surface area contributed by atoms with Crippen LogP contribution in [0.25, 0.3) is 0 Å². The quantitative estimate of drug-likeness (QED) is 0.772. The number of halogens is 1. The lowest BCUT2D eigenvalue weighted by atomic mass is 10.1. The number of amides is 1. The van der Waals surface area contributed by atoms with Crippen LogP contribution in [0.5, 0.6) is 0 Å². The van der Waals surface area contributed by atoms with E-state index in [1.165, 1.54) is 37.8 Å². The standard InChI is InChI=1S/C20H23ClN2O3S/c1-23(14-15-4-2-3-5-15)20(24)16-6-12-19(13-7-16)27(25,26)22-18-10-8-17(21)9-11-18/h6-13,15,22H,2-5,14H2,1H3. The Morgan fingerprint density at radius 3 is 2.26 bits per heavy atom. The molecule has 1 N–H and O–H groups in total. The molecule has 2 aromatic rings. The predicted molar refractivity (Wildman–Crippen MR) is 108 cm³/mol. The van der Waals surface area contributed by atoms with Gasteiger partial charge in [0.05, 0.1) is 4.90 Å². The van der Waals surface area contributed by atoms with Crippen LogP contribution in [0.15, 0.2) is 53.4 Å². The monoisotopic (exact) mass is 406 g/mol. The second-order valence-corrected chi connectivity index (χ2v) is 9.09. The fourth-order valence-corrected chi connectivity index (χ4v) is 4.58. The number of rotatable bonds is 6. The van der Waals surface area contributed by atoms with Gasteiger partial charge < -0.3 is 4.90 Å². The van der Waals surface area contributed by atoms with Crippen LogP contribution in [0.4, 0.5) is 5.69 Å². The number of anilines is 1. The van der Waals surface area contributed by atoms with Crippen molar-refractivity contribution in [2.75, 3.05) is 18.3 Å². The molecular formula is C20H23ClN2O3S. The van der Waals surface area contributed by atoms with Gasteiger partial charge in [-0.1, -0.05) is 24.4 Å². The summed E-state index contributed by atoms with van der Waals surface area (Å²) in [6.45, 7) is 0.747. The Labute approximate surface area is 165 Å². The molecule has 0 aliphatic heterocycles. The molecule has 2 aromatic carbocycles. The first-order valence-electron chi connectivity index (χ1n) is 8.99. The van der Waals surface area contributed by atoms with Gasteiger partial charge in [-0.2, -0.15) is 0 Å². The van der Waals surface area contributed by atoms with Crippen molar-refractivity contribution in [3.8, 4) is 0 Å². The zero-order valence-electron chi connectivity index (χ0n) is 15.2. The number of carbonyl (C=O) groups is 1. The molecular weight excluding hydrogens is 384 g/mol. The van der Waals surface area contributed by atoms with E-state index in [9.17, 15) is 13.2 Å². The minimum atomic E-state index is -3.73. The Morgan fingerprint density at radius 1 is 1.07 bits per heavy atom. The lowest BCUT2D eigenvalue weighted by Crippen LogP contribution is -2.31. The largest absolute Gasteiger partial charge is 0.341 e.